The highest BCUT2D eigenvalue weighted by Gasteiger charge is 2.05. The molecule has 1 aromatic carbocycles. The molecule has 0 unspecified atom stereocenters. The van der Waals surface area contributed by atoms with E-state index in [1.54, 1.807) is 26.0 Å². The van der Waals surface area contributed by atoms with Crippen LogP contribution in [0.1, 0.15) is 19.3 Å². The van der Waals surface area contributed by atoms with Crippen LogP contribution >= 0.6 is 11.8 Å². The minimum absolute atomic E-state index is 0.635. The van der Waals surface area contributed by atoms with Crippen LogP contribution in [0.25, 0.3) is 0 Å². The fraction of sp³-hybridized carbons (Fsp3) is 0.462. The quantitative estimate of drug-likeness (QED) is 0.549. The second-order valence-corrected chi connectivity index (χ2v) is 4.62. The van der Waals surface area contributed by atoms with Crippen LogP contribution in [-0.4, -0.2) is 20.0 Å². The lowest BCUT2D eigenvalue weighted by atomic mass is 10.3. The minimum Gasteiger partial charge on any atom is -0.497 e. The lowest BCUT2D eigenvalue weighted by molar-refractivity contribution is 0.394. The summed E-state index contributed by atoms with van der Waals surface area (Å²) < 4.78 is 10.5. The number of hydrogen-bond donors (Lipinski definition) is 0. The molecule has 0 bridgehead atoms. The monoisotopic (exact) mass is 251 g/mol. The number of ether oxygens (including phenoxy) is 2. The van der Waals surface area contributed by atoms with Gasteiger partial charge in [0.05, 0.1) is 25.2 Å². The molecular weight excluding hydrogens is 234 g/mol. The number of rotatable bonds is 7. The smallest absolute Gasteiger partial charge is 0.132 e. The first-order valence-corrected chi connectivity index (χ1v) is 6.52. The molecule has 92 valence electrons. The van der Waals surface area contributed by atoms with E-state index in [0.717, 1.165) is 35.0 Å². The number of hydrogen-bond acceptors (Lipinski definition) is 4. The standard InChI is InChI=1S/C13H17NO2S/c1-15-11-6-7-12(16-2)13(10-11)17-9-5-3-4-8-14/h6-7,10H,3-5,9H2,1-2H3. The second-order valence-electron chi connectivity index (χ2n) is 3.48. The van der Waals surface area contributed by atoms with Crippen LogP contribution in [0.3, 0.4) is 0 Å². The number of thioether (sulfide) groups is 1. The van der Waals surface area contributed by atoms with Gasteiger partial charge in [0.25, 0.3) is 0 Å². The molecule has 4 heteroatoms. The Hall–Kier alpha value is -1.34. The normalized spacial score (nSPS) is 9.71. The molecule has 0 aliphatic rings. The van der Waals surface area contributed by atoms with Crippen LogP contribution < -0.4 is 9.47 Å². The predicted molar refractivity (Wildman–Crippen MR) is 69.7 cm³/mol. The Kier molecular flexibility index (Phi) is 6.34. The van der Waals surface area contributed by atoms with Gasteiger partial charge in [0, 0.05) is 6.42 Å². The molecule has 0 heterocycles. The molecule has 0 aromatic heterocycles. The van der Waals surface area contributed by atoms with Gasteiger partial charge in [-0.3, -0.25) is 0 Å². The van der Waals surface area contributed by atoms with Gasteiger partial charge in [-0.15, -0.1) is 11.8 Å². The molecule has 1 rings (SSSR count). The summed E-state index contributed by atoms with van der Waals surface area (Å²) >= 11 is 1.74. The van der Waals surface area contributed by atoms with E-state index in [1.807, 2.05) is 18.2 Å². The molecule has 17 heavy (non-hydrogen) atoms. The molecule has 0 radical (unpaired) electrons. The Morgan fingerprint density at radius 3 is 2.71 bits per heavy atom. The van der Waals surface area contributed by atoms with Crippen molar-refractivity contribution in [2.24, 2.45) is 0 Å². The van der Waals surface area contributed by atoms with E-state index in [2.05, 4.69) is 6.07 Å². The number of benzene rings is 1. The van der Waals surface area contributed by atoms with Crippen LogP contribution in [0.4, 0.5) is 0 Å². The maximum Gasteiger partial charge on any atom is 0.132 e. The highest BCUT2D eigenvalue weighted by Crippen LogP contribution is 2.33. The lowest BCUT2D eigenvalue weighted by Gasteiger charge is -2.09. The average molecular weight is 251 g/mol. The van der Waals surface area contributed by atoms with Crippen molar-refractivity contribution in [2.45, 2.75) is 24.2 Å². The van der Waals surface area contributed by atoms with Crippen molar-refractivity contribution in [2.75, 3.05) is 20.0 Å². The van der Waals surface area contributed by atoms with Gasteiger partial charge >= 0.3 is 0 Å². The van der Waals surface area contributed by atoms with Gasteiger partial charge in [-0.2, -0.15) is 5.26 Å². The van der Waals surface area contributed by atoms with Gasteiger partial charge in [0.15, 0.2) is 0 Å². The van der Waals surface area contributed by atoms with Gasteiger partial charge in [-0.25, -0.2) is 0 Å². The van der Waals surface area contributed by atoms with Crippen LogP contribution in [0.2, 0.25) is 0 Å². The largest absolute Gasteiger partial charge is 0.497 e. The van der Waals surface area contributed by atoms with Crippen molar-refractivity contribution in [1.82, 2.24) is 0 Å². The van der Waals surface area contributed by atoms with Gasteiger partial charge in [0.1, 0.15) is 11.5 Å². The summed E-state index contributed by atoms with van der Waals surface area (Å²) in [5.74, 6) is 2.70. The number of unbranched alkanes of at least 4 members (excludes halogenated alkanes) is 2. The molecule has 0 aliphatic carbocycles. The maximum atomic E-state index is 8.44. The molecule has 0 N–H and O–H groups in total. The molecule has 0 saturated heterocycles. The maximum absolute atomic E-state index is 8.44. The molecule has 1 aromatic rings. The third kappa shape index (κ3) is 4.58. The summed E-state index contributed by atoms with van der Waals surface area (Å²) in [7, 11) is 3.32. The number of nitriles is 1. The zero-order chi connectivity index (χ0) is 12.5. The van der Waals surface area contributed by atoms with Crippen molar-refractivity contribution in [1.29, 1.82) is 5.26 Å². The van der Waals surface area contributed by atoms with E-state index in [-0.39, 0.29) is 0 Å². The zero-order valence-corrected chi connectivity index (χ0v) is 11.0. The number of methoxy groups -OCH3 is 2. The van der Waals surface area contributed by atoms with Crippen LogP contribution in [0.5, 0.6) is 11.5 Å². The van der Waals surface area contributed by atoms with E-state index in [4.69, 9.17) is 14.7 Å². The fourth-order valence-electron chi connectivity index (χ4n) is 1.39. The van der Waals surface area contributed by atoms with Crippen LogP contribution in [-0.2, 0) is 0 Å². The van der Waals surface area contributed by atoms with Gasteiger partial charge in [-0.05, 0) is 36.8 Å². The van der Waals surface area contributed by atoms with E-state index in [0.29, 0.717) is 6.42 Å². The lowest BCUT2D eigenvalue weighted by Crippen LogP contribution is -1.90. The average Bonchev–Trinajstić information content (AvgIpc) is 2.38. The minimum atomic E-state index is 0.635. The SMILES string of the molecule is COc1ccc(OC)c(SCCCCC#N)c1. The first kappa shape index (κ1) is 13.7. The van der Waals surface area contributed by atoms with E-state index >= 15 is 0 Å². The highest BCUT2D eigenvalue weighted by atomic mass is 32.2. The fourth-order valence-corrected chi connectivity index (χ4v) is 2.45. The van der Waals surface area contributed by atoms with Crippen molar-refractivity contribution in [3.8, 4) is 17.6 Å². The summed E-state index contributed by atoms with van der Waals surface area (Å²) in [5.41, 5.74) is 0. The third-order valence-electron chi connectivity index (χ3n) is 2.31. The molecule has 0 saturated carbocycles. The summed E-state index contributed by atoms with van der Waals surface area (Å²) in [4.78, 5) is 1.09. The van der Waals surface area contributed by atoms with Crippen LogP contribution in [0.15, 0.2) is 23.1 Å². The first-order valence-electron chi connectivity index (χ1n) is 5.53. The molecule has 0 aliphatic heterocycles. The van der Waals surface area contributed by atoms with Gasteiger partial charge in [-0.1, -0.05) is 0 Å². The van der Waals surface area contributed by atoms with E-state index in [1.165, 1.54) is 0 Å². The van der Waals surface area contributed by atoms with Crippen LogP contribution in [0, 0.1) is 11.3 Å². The Morgan fingerprint density at radius 1 is 1.24 bits per heavy atom. The number of nitrogens with zero attached hydrogens (tertiary/aromatic N) is 1. The molecule has 3 nitrogen and oxygen atoms in total. The molecule has 0 fully saturated rings. The topological polar surface area (TPSA) is 42.2 Å². The molecule has 0 amide bonds. The summed E-state index contributed by atoms with van der Waals surface area (Å²) in [5, 5.41) is 8.44. The molecule has 0 atom stereocenters. The second kappa shape index (κ2) is 7.86. The summed E-state index contributed by atoms with van der Waals surface area (Å²) in [6.07, 6.45) is 2.63. The van der Waals surface area contributed by atoms with Gasteiger partial charge in [0.2, 0.25) is 0 Å². The molecule has 0 spiro atoms. The Labute approximate surface area is 107 Å². The Bertz CT molecular complexity index is 387. The molecular formula is C13H17NO2S. The van der Waals surface area contributed by atoms with Crippen molar-refractivity contribution in [3.63, 3.8) is 0 Å². The first-order chi connectivity index (χ1) is 8.31. The third-order valence-corrected chi connectivity index (χ3v) is 3.43. The van der Waals surface area contributed by atoms with Crippen molar-refractivity contribution >= 4 is 11.8 Å². The van der Waals surface area contributed by atoms with Crippen molar-refractivity contribution < 1.29 is 9.47 Å². The highest BCUT2D eigenvalue weighted by molar-refractivity contribution is 7.99. The van der Waals surface area contributed by atoms with Gasteiger partial charge < -0.3 is 9.47 Å². The predicted octanol–water partition coefficient (Wildman–Crippen LogP) is 3.49. The Morgan fingerprint density at radius 2 is 2.06 bits per heavy atom. The van der Waals surface area contributed by atoms with Crippen molar-refractivity contribution in [3.05, 3.63) is 18.2 Å². The Balaban J connectivity index is 2.53. The van der Waals surface area contributed by atoms with E-state index < -0.39 is 0 Å². The summed E-state index contributed by atoms with van der Waals surface area (Å²) in [6, 6.07) is 7.93. The zero-order valence-electron chi connectivity index (χ0n) is 10.2. The van der Waals surface area contributed by atoms with E-state index in [9.17, 15) is 0 Å². The summed E-state index contributed by atoms with van der Waals surface area (Å²) in [6.45, 7) is 0.